The molecule has 11 heteroatoms. The molecule has 1 saturated heterocycles. The molecule has 7 nitrogen and oxygen atoms in total. The number of carbonyl (C=O) groups excluding carboxylic acids is 1. The minimum absolute atomic E-state index is 0.156. The smallest absolute Gasteiger partial charge is 0.421 e. The van der Waals surface area contributed by atoms with Crippen molar-refractivity contribution in [2.24, 2.45) is 0 Å². The second kappa shape index (κ2) is 7.87. The van der Waals surface area contributed by atoms with Crippen LogP contribution in [0.1, 0.15) is 32.3 Å². The van der Waals surface area contributed by atoms with Crippen LogP contribution in [0, 0.1) is 0 Å². The Morgan fingerprint density at radius 1 is 1.46 bits per heavy atom. The first-order valence-corrected chi connectivity index (χ1v) is 9.55. The summed E-state index contributed by atoms with van der Waals surface area (Å²) in [6.07, 6.45) is -2.06. The van der Waals surface area contributed by atoms with Crippen LogP contribution in [0.15, 0.2) is 11.4 Å². The lowest BCUT2D eigenvalue weighted by molar-refractivity contribution is -0.137. The van der Waals surface area contributed by atoms with E-state index in [0.29, 0.717) is 32.1 Å². The number of nitrogens with one attached hydrogen (secondary N) is 1. The highest BCUT2D eigenvalue weighted by molar-refractivity contribution is 7.90. The van der Waals surface area contributed by atoms with Gasteiger partial charge in [-0.05, 0) is 20.3 Å². The van der Waals surface area contributed by atoms with Gasteiger partial charge >= 0.3 is 17.4 Å². The second-order valence-electron chi connectivity index (χ2n) is 6.51. The van der Waals surface area contributed by atoms with E-state index in [1.54, 1.807) is 0 Å². The molecule has 146 valence electrons. The van der Waals surface area contributed by atoms with Gasteiger partial charge in [-0.15, -0.1) is 0 Å². The number of ether oxygens (including phenoxy) is 1. The molecular weight excluding hydrogens is 373 g/mol. The van der Waals surface area contributed by atoms with Crippen molar-refractivity contribution >= 4 is 23.1 Å². The Hall–Kier alpha value is -1.75. The van der Waals surface area contributed by atoms with Crippen molar-refractivity contribution < 1.29 is 27.3 Å². The predicted octanol–water partition coefficient (Wildman–Crippen LogP) is 2.66. The number of alkyl halides is 3. The van der Waals surface area contributed by atoms with Gasteiger partial charge in [0, 0.05) is 43.4 Å². The number of halogens is 3. The topological polar surface area (TPSA) is 90.4 Å². The van der Waals surface area contributed by atoms with Gasteiger partial charge in [0.1, 0.15) is 23.2 Å². The first-order chi connectivity index (χ1) is 12.0. The molecule has 0 saturated carbocycles. The number of aromatic nitrogens is 2. The number of hydrogen-bond acceptors (Lipinski definition) is 6. The lowest BCUT2D eigenvalue weighted by Crippen LogP contribution is -2.47. The molecule has 1 aliphatic rings. The summed E-state index contributed by atoms with van der Waals surface area (Å²) in [5.41, 5.74) is -1.52. The average molecular weight is 394 g/mol. The van der Waals surface area contributed by atoms with Crippen molar-refractivity contribution in [1.82, 2.24) is 14.9 Å². The summed E-state index contributed by atoms with van der Waals surface area (Å²) in [6, 6.07) is 0. The number of hydrogen-bond donors (Lipinski definition) is 1. The van der Waals surface area contributed by atoms with E-state index in [9.17, 15) is 22.5 Å². The van der Waals surface area contributed by atoms with Gasteiger partial charge in [-0.1, -0.05) is 0 Å². The maximum Gasteiger partial charge on any atom is 0.421 e. The van der Waals surface area contributed by atoms with Crippen LogP contribution in [0.2, 0.25) is 0 Å². The largest absolute Gasteiger partial charge is 0.609 e. The highest BCUT2D eigenvalue weighted by Gasteiger charge is 2.36. The summed E-state index contributed by atoms with van der Waals surface area (Å²) in [4.78, 5) is 20.6. The summed E-state index contributed by atoms with van der Waals surface area (Å²) in [6.45, 7) is 4.69. The van der Waals surface area contributed by atoms with Crippen molar-refractivity contribution in [3.63, 3.8) is 0 Å². The van der Waals surface area contributed by atoms with Crippen LogP contribution in [0.5, 0.6) is 0 Å². The minimum atomic E-state index is -4.63. The first kappa shape index (κ1) is 20.6. The van der Waals surface area contributed by atoms with Crippen LogP contribution in [0.4, 0.5) is 23.8 Å². The molecule has 0 aromatic carbocycles. The van der Waals surface area contributed by atoms with Gasteiger partial charge < -0.3 is 19.5 Å². The quantitative estimate of drug-likeness (QED) is 0.453. The SMILES string of the molecule is C[S+]([O-])c1ncc(C(F)(F)F)c(NCCCN2CCC(C)(C)OC2=O)n1. The number of carbonyl (C=O) groups is 1. The Balaban J connectivity index is 1.94. The highest BCUT2D eigenvalue weighted by atomic mass is 32.2. The fourth-order valence-electron chi connectivity index (χ4n) is 2.37. The molecule has 1 N–H and O–H groups in total. The van der Waals surface area contributed by atoms with Crippen molar-refractivity contribution in [3.8, 4) is 0 Å². The van der Waals surface area contributed by atoms with Crippen LogP contribution in [0.3, 0.4) is 0 Å². The van der Waals surface area contributed by atoms with Crippen LogP contribution in [0.25, 0.3) is 0 Å². The van der Waals surface area contributed by atoms with Crippen LogP contribution >= 0.6 is 0 Å². The summed E-state index contributed by atoms with van der Waals surface area (Å²) < 4.78 is 55.8. The van der Waals surface area contributed by atoms with E-state index >= 15 is 0 Å². The van der Waals surface area contributed by atoms with Crippen molar-refractivity contribution in [3.05, 3.63) is 11.8 Å². The van der Waals surface area contributed by atoms with Gasteiger partial charge in [0.15, 0.2) is 0 Å². The van der Waals surface area contributed by atoms with E-state index in [4.69, 9.17) is 4.74 Å². The van der Waals surface area contributed by atoms with Crippen LogP contribution < -0.4 is 5.32 Å². The van der Waals surface area contributed by atoms with Gasteiger partial charge in [-0.3, -0.25) is 0 Å². The standard InChI is InChI=1S/C15H21F3N4O3S/c1-14(2)5-8-22(13(23)25-14)7-4-6-19-11-10(15(16,17)18)9-20-12(21-11)26(3)24/h9H,4-8H2,1-3H3,(H,19,20,21). The van der Waals surface area contributed by atoms with Gasteiger partial charge in [-0.2, -0.15) is 23.1 Å². The van der Waals surface area contributed by atoms with E-state index in [1.165, 1.54) is 11.2 Å². The van der Waals surface area contributed by atoms with E-state index in [1.807, 2.05) is 13.8 Å². The fourth-order valence-corrected chi connectivity index (χ4v) is 2.79. The average Bonchev–Trinajstić information content (AvgIpc) is 2.51. The summed E-state index contributed by atoms with van der Waals surface area (Å²) in [7, 11) is 0. The maximum atomic E-state index is 13.0. The summed E-state index contributed by atoms with van der Waals surface area (Å²) >= 11 is -1.60. The van der Waals surface area contributed by atoms with Crippen molar-refractivity contribution in [2.45, 2.75) is 43.6 Å². The Labute approximate surface area is 152 Å². The van der Waals surface area contributed by atoms with E-state index in [-0.39, 0.29) is 11.7 Å². The third kappa shape index (κ3) is 5.37. The zero-order valence-electron chi connectivity index (χ0n) is 14.7. The van der Waals surface area contributed by atoms with Gasteiger partial charge in [-0.25, -0.2) is 4.79 Å². The highest BCUT2D eigenvalue weighted by Crippen LogP contribution is 2.33. The zero-order chi connectivity index (χ0) is 19.5. The molecule has 1 amide bonds. The molecule has 0 radical (unpaired) electrons. The summed E-state index contributed by atoms with van der Waals surface area (Å²) in [5.74, 6) is -0.417. The molecule has 1 aromatic heterocycles. The minimum Gasteiger partial charge on any atom is -0.609 e. The molecule has 0 aliphatic carbocycles. The molecule has 26 heavy (non-hydrogen) atoms. The van der Waals surface area contributed by atoms with Crippen LogP contribution in [-0.2, 0) is 22.1 Å². The molecule has 1 aromatic rings. The molecule has 1 unspecified atom stereocenters. The van der Waals surface area contributed by atoms with Crippen molar-refractivity contribution in [2.75, 3.05) is 31.2 Å². The lowest BCUT2D eigenvalue weighted by Gasteiger charge is -2.36. The molecule has 1 fully saturated rings. The predicted molar refractivity (Wildman–Crippen MR) is 89.2 cm³/mol. The Kier molecular flexibility index (Phi) is 6.22. The van der Waals surface area contributed by atoms with E-state index in [0.717, 1.165) is 0 Å². The Bertz CT molecular complexity index is 656. The van der Waals surface area contributed by atoms with Crippen molar-refractivity contribution in [1.29, 1.82) is 0 Å². The number of amides is 1. The molecule has 0 bridgehead atoms. The number of anilines is 1. The third-order valence-electron chi connectivity index (χ3n) is 3.83. The van der Waals surface area contributed by atoms with Crippen LogP contribution in [-0.4, -0.2) is 57.0 Å². The van der Waals surface area contributed by atoms with E-state index < -0.39 is 40.4 Å². The number of rotatable bonds is 6. The fraction of sp³-hybridized carbons (Fsp3) is 0.667. The molecule has 1 atom stereocenters. The third-order valence-corrected chi connectivity index (χ3v) is 4.54. The maximum absolute atomic E-state index is 13.0. The molecular formula is C15H21F3N4O3S. The molecule has 0 spiro atoms. The lowest BCUT2D eigenvalue weighted by atomic mass is 10.0. The molecule has 1 aliphatic heterocycles. The van der Waals surface area contributed by atoms with E-state index in [2.05, 4.69) is 15.3 Å². The normalized spacial score (nSPS) is 18.4. The Morgan fingerprint density at radius 2 is 2.15 bits per heavy atom. The molecule has 2 heterocycles. The number of cyclic esters (lactones) is 1. The van der Waals surface area contributed by atoms with Gasteiger partial charge in [0.2, 0.25) is 0 Å². The first-order valence-electron chi connectivity index (χ1n) is 7.99. The number of nitrogens with zero attached hydrogens (tertiary/aromatic N) is 3. The zero-order valence-corrected chi connectivity index (χ0v) is 15.5. The monoisotopic (exact) mass is 394 g/mol. The summed E-state index contributed by atoms with van der Waals surface area (Å²) in [5, 5.41) is 2.42. The van der Waals surface area contributed by atoms with Gasteiger partial charge in [0.05, 0.1) is 0 Å². The van der Waals surface area contributed by atoms with Gasteiger partial charge in [0.25, 0.3) is 0 Å². The second-order valence-corrected chi connectivity index (χ2v) is 7.79. The Morgan fingerprint density at radius 3 is 2.73 bits per heavy atom. The molecule has 2 rings (SSSR count).